The number of benzene rings is 3. The Bertz CT molecular complexity index is 1700. The third-order valence-electron chi connectivity index (χ3n) is 7.14. The molecule has 3 aromatic carbocycles. The number of hydrogen-bond donors (Lipinski definition) is 2. The van der Waals surface area contributed by atoms with Crippen LogP contribution in [0.4, 0.5) is 11.4 Å². The molecule has 10 nitrogen and oxygen atoms in total. The number of aromatic amines is 1. The molecular formula is C30H25N3O7S2. The fourth-order valence-electron chi connectivity index (χ4n) is 5.15. The van der Waals surface area contributed by atoms with E-state index in [1.54, 1.807) is 87.0 Å². The van der Waals surface area contributed by atoms with Crippen molar-refractivity contribution in [1.82, 2.24) is 4.98 Å². The van der Waals surface area contributed by atoms with Crippen LogP contribution in [-0.2, 0) is 14.4 Å². The van der Waals surface area contributed by atoms with E-state index in [9.17, 15) is 19.2 Å². The van der Waals surface area contributed by atoms with E-state index in [0.717, 1.165) is 21.8 Å². The summed E-state index contributed by atoms with van der Waals surface area (Å²) in [5, 5.41) is 2.67. The summed E-state index contributed by atoms with van der Waals surface area (Å²) in [7, 11) is 3.11. The molecule has 12 heteroatoms. The molecule has 6 rings (SSSR count). The van der Waals surface area contributed by atoms with Crippen LogP contribution in [0.3, 0.4) is 0 Å². The molecule has 4 aromatic rings. The zero-order valence-corrected chi connectivity index (χ0v) is 24.1. The van der Waals surface area contributed by atoms with Crippen molar-refractivity contribution in [3.63, 3.8) is 0 Å². The lowest BCUT2D eigenvalue weighted by atomic mass is 9.83. The number of anilines is 2. The van der Waals surface area contributed by atoms with Gasteiger partial charge >= 0.3 is 4.87 Å². The number of thiazole rings is 1. The second-order valence-electron chi connectivity index (χ2n) is 9.59. The van der Waals surface area contributed by atoms with E-state index in [0.29, 0.717) is 33.6 Å². The highest BCUT2D eigenvalue weighted by molar-refractivity contribution is 8.00. The van der Waals surface area contributed by atoms with Crippen LogP contribution in [0, 0.1) is 5.92 Å². The summed E-state index contributed by atoms with van der Waals surface area (Å²) in [5.74, 6) is -0.437. The molecule has 0 radical (unpaired) electrons. The molecule has 0 aliphatic carbocycles. The zero-order valence-electron chi connectivity index (χ0n) is 22.5. The summed E-state index contributed by atoms with van der Waals surface area (Å²) < 4.78 is 16.0. The number of carbonyl (C=O) groups is 3. The number of methoxy groups -OCH3 is 2. The van der Waals surface area contributed by atoms with Crippen LogP contribution in [0.2, 0.25) is 0 Å². The van der Waals surface area contributed by atoms with Gasteiger partial charge in [-0.15, -0.1) is 0 Å². The van der Waals surface area contributed by atoms with Gasteiger partial charge in [-0.1, -0.05) is 35.2 Å². The Balaban J connectivity index is 1.22. The van der Waals surface area contributed by atoms with Gasteiger partial charge in [-0.05, 0) is 66.2 Å². The van der Waals surface area contributed by atoms with Crippen LogP contribution in [0.15, 0.2) is 82.6 Å². The van der Waals surface area contributed by atoms with Crippen LogP contribution in [0.1, 0.15) is 16.4 Å². The van der Waals surface area contributed by atoms with Crippen molar-refractivity contribution in [3.05, 3.63) is 92.9 Å². The highest BCUT2D eigenvalue weighted by Crippen LogP contribution is 2.53. The summed E-state index contributed by atoms with van der Waals surface area (Å²) >= 11 is 2.27. The predicted octanol–water partition coefficient (Wildman–Crippen LogP) is 4.27. The molecule has 1 fully saturated rings. The smallest absolute Gasteiger partial charge is 0.305 e. The molecule has 3 atom stereocenters. The number of rotatable bonds is 8. The van der Waals surface area contributed by atoms with Crippen molar-refractivity contribution in [3.8, 4) is 17.2 Å². The van der Waals surface area contributed by atoms with Gasteiger partial charge in [0.05, 0.1) is 30.9 Å². The first-order valence-electron chi connectivity index (χ1n) is 12.9. The number of H-pyrrole nitrogens is 1. The van der Waals surface area contributed by atoms with Crippen LogP contribution in [-0.4, -0.2) is 48.8 Å². The SMILES string of the molecule is COc1ccc(NC(=O)COc2ccc(C3c4sc(=O)[nH]c4SC4C(=O)N(c5ccc(OC)cc5)C(=O)C43)cc2)cc1. The summed E-state index contributed by atoms with van der Waals surface area (Å²) in [6.45, 7) is -0.205. The minimum absolute atomic E-state index is 0.205. The molecular weight excluding hydrogens is 578 g/mol. The van der Waals surface area contributed by atoms with Gasteiger partial charge in [-0.2, -0.15) is 0 Å². The van der Waals surface area contributed by atoms with Gasteiger partial charge < -0.3 is 24.5 Å². The Morgan fingerprint density at radius 2 is 1.48 bits per heavy atom. The maximum atomic E-state index is 13.8. The first kappa shape index (κ1) is 27.6. The highest BCUT2D eigenvalue weighted by atomic mass is 32.2. The average Bonchev–Trinajstić information content (AvgIpc) is 3.50. The fourth-order valence-corrected chi connectivity index (χ4v) is 7.67. The highest BCUT2D eigenvalue weighted by Gasteiger charge is 2.56. The maximum absolute atomic E-state index is 13.8. The van der Waals surface area contributed by atoms with Crippen molar-refractivity contribution >= 4 is 52.2 Å². The first-order chi connectivity index (χ1) is 20.4. The Morgan fingerprint density at radius 3 is 2.12 bits per heavy atom. The molecule has 3 amide bonds. The number of imide groups is 1. The lowest BCUT2D eigenvalue weighted by Gasteiger charge is -2.29. The Hall–Kier alpha value is -4.55. The van der Waals surface area contributed by atoms with E-state index in [-0.39, 0.29) is 29.2 Å². The van der Waals surface area contributed by atoms with E-state index in [1.807, 2.05) is 0 Å². The number of nitrogens with one attached hydrogen (secondary N) is 2. The molecule has 1 aromatic heterocycles. The zero-order chi connectivity index (χ0) is 29.4. The molecule has 1 saturated heterocycles. The normalized spacial score (nSPS) is 19.2. The molecule has 0 saturated carbocycles. The van der Waals surface area contributed by atoms with Gasteiger partial charge in [0.25, 0.3) is 5.91 Å². The average molecular weight is 604 g/mol. The summed E-state index contributed by atoms with van der Waals surface area (Å²) in [4.78, 5) is 56.6. The van der Waals surface area contributed by atoms with Crippen molar-refractivity contribution in [2.24, 2.45) is 5.92 Å². The molecule has 42 heavy (non-hydrogen) atoms. The number of nitrogens with zero attached hydrogens (tertiary/aromatic N) is 1. The van der Waals surface area contributed by atoms with Crippen LogP contribution in [0.25, 0.3) is 0 Å². The molecule has 3 heterocycles. The number of hydrogen-bond acceptors (Lipinski definition) is 9. The standard InChI is InChI=1S/C30H25N3O7S2/c1-38-19-11-5-17(6-12-19)31-22(34)15-40-21-9-3-16(4-10-21)23-24-26(41-27-25(23)42-30(37)32-27)29(36)33(28(24)35)18-7-13-20(39-2)14-8-18/h3-14,23-24,26H,15H2,1-2H3,(H,31,34)(H,32,37). The monoisotopic (exact) mass is 603 g/mol. The second-order valence-corrected chi connectivity index (χ2v) is 11.8. The van der Waals surface area contributed by atoms with Crippen molar-refractivity contribution < 1.29 is 28.6 Å². The van der Waals surface area contributed by atoms with E-state index >= 15 is 0 Å². The molecule has 0 bridgehead atoms. The van der Waals surface area contributed by atoms with Crippen molar-refractivity contribution in [1.29, 1.82) is 0 Å². The second kappa shape index (κ2) is 11.4. The number of aromatic nitrogens is 1. The Kier molecular flexibility index (Phi) is 7.48. The van der Waals surface area contributed by atoms with Crippen molar-refractivity contribution in [2.75, 3.05) is 31.0 Å². The molecule has 3 unspecified atom stereocenters. The minimum Gasteiger partial charge on any atom is -0.497 e. The predicted molar refractivity (Wildman–Crippen MR) is 159 cm³/mol. The Labute approximate surface area is 248 Å². The largest absolute Gasteiger partial charge is 0.497 e. The molecule has 2 aliphatic rings. The number of ether oxygens (including phenoxy) is 3. The molecule has 214 valence electrons. The summed E-state index contributed by atoms with van der Waals surface area (Å²) in [5.41, 5.74) is 1.84. The first-order valence-corrected chi connectivity index (χ1v) is 14.6. The van der Waals surface area contributed by atoms with E-state index in [2.05, 4.69) is 10.3 Å². The van der Waals surface area contributed by atoms with Gasteiger partial charge in [0, 0.05) is 16.5 Å². The number of amides is 3. The topological polar surface area (TPSA) is 127 Å². The molecule has 2 N–H and O–H groups in total. The summed E-state index contributed by atoms with van der Waals surface area (Å²) in [6, 6.07) is 20.7. The van der Waals surface area contributed by atoms with E-state index in [4.69, 9.17) is 14.2 Å². The van der Waals surface area contributed by atoms with Gasteiger partial charge in [0.1, 0.15) is 22.5 Å². The quantitative estimate of drug-likeness (QED) is 0.286. The Morgan fingerprint density at radius 1 is 0.857 bits per heavy atom. The lowest BCUT2D eigenvalue weighted by Crippen LogP contribution is -2.32. The van der Waals surface area contributed by atoms with Crippen LogP contribution >= 0.6 is 23.1 Å². The van der Waals surface area contributed by atoms with Crippen LogP contribution < -0.4 is 29.3 Å². The van der Waals surface area contributed by atoms with E-state index in [1.165, 1.54) is 16.7 Å². The van der Waals surface area contributed by atoms with E-state index < -0.39 is 17.1 Å². The number of fused-ring (bicyclic) bond motifs is 2. The molecule has 0 spiro atoms. The summed E-state index contributed by atoms with van der Waals surface area (Å²) in [6.07, 6.45) is 0. The number of carbonyl (C=O) groups excluding carboxylic acids is 3. The van der Waals surface area contributed by atoms with Gasteiger partial charge in [0.15, 0.2) is 6.61 Å². The minimum atomic E-state index is -0.703. The number of thioether (sulfide) groups is 1. The van der Waals surface area contributed by atoms with Crippen LogP contribution in [0.5, 0.6) is 17.2 Å². The van der Waals surface area contributed by atoms with Gasteiger partial charge in [-0.25, -0.2) is 4.90 Å². The fraction of sp³-hybridized carbons (Fsp3) is 0.200. The third-order valence-corrected chi connectivity index (χ3v) is 9.54. The molecule has 2 aliphatic heterocycles. The maximum Gasteiger partial charge on any atom is 0.305 e. The van der Waals surface area contributed by atoms with Gasteiger partial charge in [0.2, 0.25) is 11.8 Å². The third kappa shape index (κ3) is 5.14. The van der Waals surface area contributed by atoms with Crippen molar-refractivity contribution in [2.45, 2.75) is 16.2 Å². The lowest BCUT2D eigenvalue weighted by molar-refractivity contribution is -0.122. The van der Waals surface area contributed by atoms with Gasteiger partial charge in [-0.3, -0.25) is 19.2 Å².